The molecule has 0 radical (unpaired) electrons. The molecule has 21 heavy (non-hydrogen) atoms. The quantitative estimate of drug-likeness (QED) is 0.615. The largest absolute Gasteiger partial charge is 0.238 e. The Bertz CT molecular complexity index is 642. The summed E-state index contributed by atoms with van der Waals surface area (Å²) in [6.45, 7) is 7.74. The molecule has 120 valence electrons. The fraction of sp³-hybridized carbons (Fsp3) is 0.333. The molecule has 0 unspecified atom stereocenters. The van der Waals surface area contributed by atoms with E-state index in [2.05, 4.69) is 19.7 Å². The van der Waals surface area contributed by atoms with Crippen LogP contribution in [-0.4, -0.2) is 58.2 Å². The first-order chi connectivity index (χ1) is 9.50. The summed E-state index contributed by atoms with van der Waals surface area (Å²) in [5, 5.41) is 1.82. The summed E-state index contributed by atoms with van der Waals surface area (Å²) in [7, 11) is -12.0. The van der Waals surface area contributed by atoms with Crippen molar-refractivity contribution in [3.05, 3.63) is 36.0 Å². The summed E-state index contributed by atoms with van der Waals surface area (Å²) in [6, 6.07) is 0. The van der Waals surface area contributed by atoms with Gasteiger partial charge in [0.25, 0.3) is 0 Å². The van der Waals surface area contributed by atoms with Crippen LogP contribution in [0.2, 0.25) is 0 Å². The van der Waals surface area contributed by atoms with Crippen LogP contribution in [0.5, 0.6) is 0 Å². The fourth-order valence-corrected chi connectivity index (χ4v) is 4.11. The van der Waals surface area contributed by atoms with Crippen molar-refractivity contribution in [2.45, 2.75) is 0 Å². The molecule has 1 aliphatic heterocycles. The Hall–Kier alpha value is -1.05. The van der Waals surface area contributed by atoms with Gasteiger partial charge in [-0.2, -0.15) is 12.9 Å². The molecule has 0 bridgehead atoms. The van der Waals surface area contributed by atoms with Gasteiger partial charge >= 0.3 is 0 Å². The first kappa shape index (κ1) is 18.0. The molecule has 0 amide bonds. The second-order valence-corrected chi connectivity index (χ2v) is 9.55. The van der Waals surface area contributed by atoms with Crippen molar-refractivity contribution in [3.63, 3.8) is 0 Å². The lowest BCUT2D eigenvalue weighted by molar-refractivity contribution is 0.130. The summed E-state index contributed by atoms with van der Waals surface area (Å²) < 4.78 is 72.7. The van der Waals surface area contributed by atoms with E-state index in [-0.39, 0.29) is 0 Å². The first-order valence-electron chi connectivity index (χ1n) is 5.38. The minimum absolute atomic E-state index is 0.536. The molecular weight excluding hydrogens is 342 g/mol. The van der Waals surface area contributed by atoms with E-state index in [0.29, 0.717) is 29.1 Å². The second kappa shape index (κ2) is 5.98. The molecule has 0 saturated carbocycles. The number of hydrogen-bond acceptors (Lipinski definition) is 6. The van der Waals surface area contributed by atoms with Gasteiger partial charge in [0.1, 0.15) is 0 Å². The van der Waals surface area contributed by atoms with Crippen molar-refractivity contribution < 1.29 is 25.3 Å². The molecule has 0 atom stereocenters. The van der Waals surface area contributed by atoms with Crippen molar-refractivity contribution in [1.82, 2.24) is 12.9 Å². The summed E-state index contributed by atoms with van der Waals surface area (Å²) in [4.78, 5) is 0. The van der Waals surface area contributed by atoms with Crippen LogP contribution >= 0.6 is 0 Å². The maximum atomic E-state index is 11.8. The van der Waals surface area contributed by atoms with E-state index in [1.165, 1.54) is 0 Å². The zero-order valence-electron chi connectivity index (χ0n) is 11.0. The van der Waals surface area contributed by atoms with Gasteiger partial charge in [-0.3, -0.25) is 0 Å². The Morgan fingerprint density at radius 2 is 0.762 bits per heavy atom. The third-order valence-corrected chi connectivity index (χ3v) is 6.77. The topological polar surface area (TPSA) is 112 Å². The maximum absolute atomic E-state index is 11.8. The van der Waals surface area contributed by atoms with Gasteiger partial charge in [-0.1, -0.05) is 19.7 Å². The van der Waals surface area contributed by atoms with Crippen LogP contribution in [0.3, 0.4) is 0 Å². The molecule has 0 aromatic carbocycles. The van der Waals surface area contributed by atoms with E-state index < -0.39 is 50.1 Å². The molecule has 1 heterocycles. The maximum Gasteiger partial charge on any atom is 0.238 e. The van der Waals surface area contributed by atoms with Gasteiger partial charge in [0.05, 0.1) is 20.0 Å². The standard InChI is InChI=1S/C9H15N3O6S3/c1-4-19(13,14)10-7-11(20(15,16)5-2)9-12(8-10)21(17,18)6-3/h4-6H,1-3,7-9H2. The summed E-state index contributed by atoms with van der Waals surface area (Å²) >= 11 is 0. The van der Waals surface area contributed by atoms with Crippen LogP contribution in [0.4, 0.5) is 0 Å². The molecule has 1 saturated heterocycles. The first-order valence-corrected chi connectivity index (χ1v) is 9.89. The average molecular weight is 357 g/mol. The normalized spacial score (nSPS) is 20.0. The Morgan fingerprint density at radius 3 is 0.905 bits per heavy atom. The van der Waals surface area contributed by atoms with Crippen LogP contribution in [0.25, 0.3) is 0 Å². The van der Waals surface area contributed by atoms with Crippen LogP contribution < -0.4 is 0 Å². The van der Waals surface area contributed by atoms with E-state index in [9.17, 15) is 25.3 Å². The zero-order valence-corrected chi connectivity index (χ0v) is 13.4. The lowest BCUT2D eigenvalue weighted by Crippen LogP contribution is -2.58. The smallest absolute Gasteiger partial charge is 0.207 e. The molecule has 0 aromatic heterocycles. The minimum Gasteiger partial charge on any atom is -0.207 e. The van der Waals surface area contributed by atoms with Crippen LogP contribution in [0, 0.1) is 0 Å². The minimum atomic E-state index is -4.01. The molecule has 1 aliphatic rings. The molecule has 1 rings (SSSR count). The second-order valence-electron chi connectivity index (χ2n) is 3.91. The molecule has 0 aromatic rings. The SMILES string of the molecule is C=CS(=O)(=O)N1CN(S(=O)(=O)C=C)CN(S(=O)(=O)C=C)C1. The monoisotopic (exact) mass is 357 g/mol. The predicted molar refractivity (Wildman–Crippen MR) is 77.5 cm³/mol. The Morgan fingerprint density at radius 1 is 0.571 bits per heavy atom. The molecule has 9 nitrogen and oxygen atoms in total. The van der Waals surface area contributed by atoms with E-state index >= 15 is 0 Å². The summed E-state index contributed by atoms with van der Waals surface area (Å²) in [6.07, 6.45) is 0. The Labute approximate surface area is 124 Å². The van der Waals surface area contributed by atoms with Gasteiger partial charge in [-0.25, -0.2) is 25.3 Å². The zero-order chi connectivity index (χ0) is 16.5. The van der Waals surface area contributed by atoms with E-state index in [4.69, 9.17) is 0 Å². The summed E-state index contributed by atoms with van der Waals surface area (Å²) in [5.74, 6) is 0. The molecule has 1 fully saturated rings. The van der Waals surface area contributed by atoms with Crippen molar-refractivity contribution in [2.75, 3.05) is 20.0 Å². The third-order valence-electron chi connectivity index (χ3n) is 2.66. The van der Waals surface area contributed by atoms with Gasteiger partial charge in [0.2, 0.25) is 30.1 Å². The van der Waals surface area contributed by atoms with Gasteiger partial charge in [-0.15, -0.1) is 0 Å². The summed E-state index contributed by atoms with van der Waals surface area (Å²) in [5.41, 5.74) is 0. The molecule has 12 heteroatoms. The molecule has 0 aliphatic carbocycles. The highest BCUT2D eigenvalue weighted by atomic mass is 32.2. The van der Waals surface area contributed by atoms with Crippen LogP contribution in [-0.2, 0) is 30.1 Å². The van der Waals surface area contributed by atoms with Gasteiger partial charge in [0.15, 0.2) is 0 Å². The molecular formula is C9H15N3O6S3. The number of hydrogen-bond donors (Lipinski definition) is 0. The van der Waals surface area contributed by atoms with E-state index in [1.54, 1.807) is 0 Å². The van der Waals surface area contributed by atoms with Gasteiger partial charge in [-0.05, 0) is 0 Å². The van der Waals surface area contributed by atoms with Crippen molar-refractivity contribution in [2.24, 2.45) is 0 Å². The van der Waals surface area contributed by atoms with E-state index in [1.807, 2.05) is 0 Å². The lowest BCUT2D eigenvalue weighted by Gasteiger charge is -2.38. The molecule has 0 spiro atoms. The lowest BCUT2D eigenvalue weighted by atomic mass is 10.8. The third kappa shape index (κ3) is 3.78. The van der Waals surface area contributed by atoms with Gasteiger partial charge < -0.3 is 0 Å². The van der Waals surface area contributed by atoms with Crippen LogP contribution in [0.1, 0.15) is 0 Å². The van der Waals surface area contributed by atoms with Crippen molar-refractivity contribution >= 4 is 30.1 Å². The molecule has 0 N–H and O–H groups in total. The number of rotatable bonds is 6. The van der Waals surface area contributed by atoms with Gasteiger partial charge in [0, 0.05) is 16.2 Å². The van der Waals surface area contributed by atoms with Crippen molar-refractivity contribution in [1.29, 1.82) is 0 Å². The Balaban J connectivity index is 3.32. The highest BCUT2D eigenvalue weighted by Gasteiger charge is 2.38. The fourth-order valence-electron chi connectivity index (χ4n) is 1.46. The highest BCUT2D eigenvalue weighted by molar-refractivity contribution is 7.93. The van der Waals surface area contributed by atoms with Crippen LogP contribution in [0.15, 0.2) is 36.0 Å². The highest BCUT2D eigenvalue weighted by Crippen LogP contribution is 2.19. The van der Waals surface area contributed by atoms with E-state index in [0.717, 1.165) is 0 Å². The predicted octanol–water partition coefficient (Wildman–Crippen LogP) is -0.802. The average Bonchev–Trinajstić information content (AvgIpc) is 2.46. The van der Waals surface area contributed by atoms with Crippen molar-refractivity contribution in [3.8, 4) is 0 Å². The Kier molecular flexibility index (Phi) is 5.13. The number of nitrogens with zero attached hydrogens (tertiary/aromatic N) is 3. The number of sulfonamides is 3.